The number of methoxy groups -OCH3 is 1. The molecule has 0 bridgehead atoms. The Bertz CT molecular complexity index is 670. The van der Waals surface area contributed by atoms with Gasteiger partial charge in [0.1, 0.15) is 0 Å². The number of aliphatic hydroxyl groups excluding tert-OH is 1. The summed E-state index contributed by atoms with van der Waals surface area (Å²) >= 11 is 4.31. The second-order valence-corrected chi connectivity index (χ2v) is 12.6. The van der Waals surface area contributed by atoms with Crippen molar-refractivity contribution in [3.05, 3.63) is 0 Å². The predicted octanol–water partition coefficient (Wildman–Crippen LogP) is 5.52. The molecule has 0 saturated heterocycles. The number of esters is 1. The zero-order valence-electron chi connectivity index (χ0n) is 20.7. The monoisotopic (exact) mass is 466 g/mol. The van der Waals surface area contributed by atoms with Crippen LogP contribution in [0.5, 0.6) is 0 Å². The van der Waals surface area contributed by atoms with E-state index in [-0.39, 0.29) is 12.1 Å². The molecule has 5 heteroatoms. The predicted molar refractivity (Wildman–Crippen MR) is 131 cm³/mol. The Morgan fingerprint density at radius 1 is 1.09 bits per heavy atom. The fourth-order valence-electron chi connectivity index (χ4n) is 9.18. The molecule has 0 aromatic heterocycles. The minimum atomic E-state index is -0.171. The highest BCUT2D eigenvalue weighted by Crippen LogP contribution is 2.68. The van der Waals surface area contributed by atoms with Crippen molar-refractivity contribution in [1.29, 1.82) is 0 Å². The van der Waals surface area contributed by atoms with Crippen molar-refractivity contribution in [2.24, 2.45) is 46.3 Å². The number of hydrogen-bond acceptors (Lipinski definition) is 5. The molecule has 1 N–H and O–H groups in total. The molecule has 4 saturated carbocycles. The van der Waals surface area contributed by atoms with Crippen LogP contribution < -0.4 is 0 Å². The van der Waals surface area contributed by atoms with Gasteiger partial charge in [-0.05, 0) is 104 Å². The molecule has 0 amide bonds. The molecule has 0 spiro atoms. The molecule has 4 fully saturated rings. The van der Waals surface area contributed by atoms with Crippen molar-refractivity contribution in [2.75, 3.05) is 19.5 Å². The number of aliphatic hydroxyl groups is 1. The van der Waals surface area contributed by atoms with Gasteiger partial charge in [0.25, 0.3) is 0 Å². The van der Waals surface area contributed by atoms with Gasteiger partial charge in [0.2, 0.25) is 0 Å². The van der Waals surface area contributed by atoms with E-state index in [0.717, 1.165) is 38.0 Å². The quantitative estimate of drug-likeness (QED) is 0.383. The van der Waals surface area contributed by atoms with Gasteiger partial charge in [-0.3, -0.25) is 4.79 Å². The van der Waals surface area contributed by atoms with E-state index in [2.05, 4.69) is 33.4 Å². The molecular formula is C27H46O4S. The van der Waals surface area contributed by atoms with Crippen LogP contribution in [0.4, 0.5) is 0 Å². The van der Waals surface area contributed by atoms with E-state index < -0.39 is 0 Å². The van der Waals surface area contributed by atoms with Crippen LogP contribution in [0.15, 0.2) is 0 Å². The van der Waals surface area contributed by atoms with Crippen molar-refractivity contribution in [3.63, 3.8) is 0 Å². The molecule has 4 aliphatic rings. The number of rotatable bonds is 7. The molecular weight excluding hydrogens is 420 g/mol. The summed E-state index contributed by atoms with van der Waals surface area (Å²) in [6.45, 7) is 8.14. The van der Waals surface area contributed by atoms with Crippen LogP contribution in [0.3, 0.4) is 0 Å². The van der Waals surface area contributed by atoms with Gasteiger partial charge >= 0.3 is 5.97 Å². The van der Waals surface area contributed by atoms with Crippen LogP contribution in [-0.2, 0) is 14.3 Å². The van der Waals surface area contributed by atoms with Crippen molar-refractivity contribution < 1.29 is 19.4 Å². The summed E-state index contributed by atoms with van der Waals surface area (Å²) in [5.41, 5.74) is 0.647. The van der Waals surface area contributed by atoms with Gasteiger partial charge in [-0.15, -0.1) is 0 Å². The highest BCUT2D eigenvalue weighted by atomic mass is 32.1. The summed E-state index contributed by atoms with van der Waals surface area (Å²) < 4.78 is 11.0. The molecule has 0 aromatic carbocycles. The number of carbonyl (C=O) groups is 1. The highest BCUT2D eigenvalue weighted by Gasteiger charge is 2.62. The third kappa shape index (κ3) is 4.28. The molecule has 0 aromatic rings. The highest BCUT2D eigenvalue weighted by molar-refractivity contribution is 7.80. The molecule has 32 heavy (non-hydrogen) atoms. The Kier molecular flexibility index (Phi) is 7.59. The zero-order chi connectivity index (χ0) is 23.1. The summed E-state index contributed by atoms with van der Waals surface area (Å²) in [7, 11) is 1.49. The van der Waals surface area contributed by atoms with E-state index in [4.69, 9.17) is 9.47 Å². The van der Waals surface area contributed by atoms with Gasteiger partial charge < -0.3 is 14.6 Å². The molecule has 4 aliphatic carbocycles. The lowest BCUT2D eigenvalue weighted by molar-refractivity contribution is -0.178. The van der Waals surface area contributed by atoms with Crippen LogP contribution in [0, 0.1) is 46.3 Å². The minimum absolute atomic E-state index is 0.0871. The minimum Gasteiger partial charge on any atom is -0.469 e. The third-order valence-electron chi connectivity index (χ3n) is 10.9. The van der Waals surface area contributed by atoms with E-state index in [1.54, 1.807) is 0 Å². The van der Waals surface area contributed by atoms with Crippen molar-refractivity contribution in [3.8, 4) is 0 Å². The van der Waals surface area contributed by atoms with Crippen LogP contribution in [0.25, 0.3) is 0 Å². The summed E-state index contributed by atoms with van der Waals surface area (Å²) in [5.74, 6) is 4.18. The van der Waals surface area contributed by atoms with E-state index in [1.165, 1.54) is 39.2 Å². The lowest BCUT2D eigenvalue weighted by Crippen LogP contribution is -2.58. The summed E-state index contributed by atoms with van der Waals surface area (Å²) in [6, 6.07) is 0. The first kappa shape index (κ1) is 24.9. The van der Waals surface area contributed by atoms with Crippen molar-refractivity contribution >= 4 is 18.6 Å². The number of ether oxygens (including phenoxy) is 2. The molecule has 8 unspecified atom stereocenters. The molecule has 10 atom stereocenters. The zero-order valence-corrected chi connectivity index (χ0v) is 21.6. The Hall–Kier alpha value is -0.260. The topological polar surface area (TPSA) is 55.8 Å². The summed E-state index contributed by atoms with van der Waals surface area (Å²) in [5, 5.41) is 11.5. The Balaban J connectivity index is 1.48. The maximum atomic E-state index is 11.7. The maximum absolute atomic E-state index is 11.7. The first-order valence-corrected chi connectivity index (χ1v) is 13.8. The molecule has 0 aliphatic heterocycles. The van der Waals surface area contributed by atoms with Gasteiger partial charge in [0, 0.05) is 12.2 Å². The lowest BCUT2D eigenvalue weighted by Gasteiger charge is -2.62. The first-order chi connectivity index (χ1) is 15.2. The summed E-state index contributed by atoms with van der Waals surface area (Å²) in [6.07, 6.45) is 11.1. The standard InChI is InChI=1S/C27H46O4S/c1-17(5-8-24(29)30-4)20-6-7-21-25-22(10-12-27(20,21)3)26(2)11-9-19(31-13-14-32)15-18(26)16-23(25)28/h17-23,25,28,32H,5-16H2,1-4H3/t17?,18?,19?,20-,21?,22?,23-,25?,26?,27?/m1/s1. The normalized spacial score (nSPS) is 46.6. The van der Waals surface area contributed by atoms with Crippen LogP contribution in [0.2, 0.25) is 0 Å². The van der Waals surface area contributed by atoms with Crippen LogP contribution in [0.1, 0.15) is 85.0 Å². The number of carbonyl (C=O) groups excluding carboxylic acids is 1. The van der Waals surface area contributed by atoms with Crippen molar-refractivity contribution in [2.45, 2.75) is 97.2 Å². The second-order valence-electron chi connectivity index (χ2n) is 12.1. The lowest BCUT2D eigenvalue weighted by atomic mass is 9.43. The number of hydrogen-bond donors (Lipinski definition) is 2. The summed E-state index contributed by atoms with van der Waals surface area (Å²) in [4.78, 5) is 11.7. The molecule has 184 valence electrons. The fraction of sp³-hybridized carbons (Fsp3) is 0.963. The average molecular weight is 467 g/mol. The van der Waals surface area contributed by atoms with Crippen LogP contribution in [-0.4, -0.2) is 42.8 Å². The first-order valence-electron chi connectivity index (χ1n) is 13.2. The van der Waals surface area contributed by atoms with Gasteiger partial charge in [-0.25, -0.2) is 0 Å². The van der Waals surface area contributed by atoms with E-state index in [9.17, 15) is 9.90 Å². The van der Waals surface area contributed by atoms with Crippen LogP contribution >= 0.6 is 12.6 Å². The molecule has 4 rings (SSSR count). The van der Waals surface area contributed by atoms with E-state index in [1.807, 2.05) is 0 Å². The SMILES string of the molecule is COC(=O)CCC(C)[C@H]1CCC2C3C(CCC21C)C1(C)CCC(OCCS)CC1C[C@H]3O. The molecule has 4 nitrogen and oxygen atoms in total. The third-order valence-corrected chi connectivity index (χ3v) is 11.1. The van der Waals surface area contributed by atoms with E-state index >= 15 is 0 Å². The second kappa shape index (κ2) is 9.77. The smallest absolute Gasteiger partial charge is 0.305 e. The number of fused-ring (bicyclic) bond motifs is 5. The van der Waals surface area contributed by atoms with Crippen molar-refractivity contribution in [1.82, 2.24) is 0 Å². The van der Waals surface area contributed by atoms with Gasteiger partial charge in [0.15, 0.2) is 0 Å². The Labute approximate surface area is 201 Å². The van der Waals surface area contributed by atoms with Gasteiger partial charge in [-0.2, -0.15) is 12.6 Å². The van der Waals surface area contributed by atoms with E-state index in [0.29, 0.717) is 58.9 Å². The molecule has 0 heterocycles. The Morgan fingerprint density at radius 2 is 1.81 bits per heavy atom. The number of thiol groups is 1. The maximum Gasteiger partial charge on any atom is 0.305 e. The van der Waals surface area contributed by atoms with Gasteiger partial charge in [-0.1, -0.05) is 20.8 Å². The largest absolute Gasteiger partial charge is 0.469 e. The Morgan fingerprint density at radius 3 is 2.53 bits per heavy atom. The fourth-order valence-corrected chi connectivity index (χ4v) is 9.28. The van der Waals surface area contributed by atoms with Gasteiger partial charge in [0.05, 0.1) is 25.9 Å². The molecule has 0 radical (unpaired) electrons. The average Bonchev–Trinajstić information content (AvgIpc) is 3.13.